The van der Waals surface area contributed by atoms with E-state index in [4.69, 9.17) is 4.52 Å². The molecule has 1 amide bonds. The molecule has 0 aliphatic carbocycles. The summed E-state index contributed by atoms with van der Waals surface area (Å²) in [6, 6.07) is 9.96. The SMILES string of the molecule is CCc1noc(CN2CCN(CC(=O)NCc3ccccc3)CC2)n1. The molecule has 1 fully saturated rings. The average Bonchev–Trinajstić information content (AvgIpc) is 3.10. The number of hydrogen-bond acceptors (Lipinski definition) is 6. The topological polar surface area (TPSA) is 74.5 Å². The molecule has 0 saturated carbocycles. The third-order valence-electron chi connectivity index (χ3n) is 4.35. The van der Waals surface area contributed by atoms with Crippen LogP contribution in [0.3, 0.4) is 0 Å². The van der Waals surface area contributed by atoms with Crippen molar-refractivity contribution < 1.29 is 9.32 Å². The van der Waals surface area contributed by atoms with Crippen LogP contribution < -0.4 is 5.32 Å². The molecule has 2 aromatic rings. The Bertz CT molecular complexity index is 665. The number of aromatic nitrogens is 2. The first kappa shape index (κ1) is 17.6. The largest absolute Gasteiger partial charge is 0.351 e. The van der Waals surface area contributed by atoms with Crippen molar-refractivity contribution in [2.45, 2.75) is 26.4 Å². The van der Waals surface area contributed by atoms with E-state index in [0.717, 1.165) is 44.0 Å². The van der Waals surface area contributed by atoms with Crippen LogP contribution in [0.15, 0.2) is 34.9 Å². The van der Waals surface area contributed by atoms with Crippen molar-refractivity contribution in [3.63, 3.8) is 0 Å². The van der Waals surface area contributed by atoms with Gasteiger partial charge in [0.2, 0.25) is 11.8 Å². The van der Waals surface area contributed by atoms with E-state index in [1.165, 1.54) is 0 Å². The van der Waals surface area contributed by atoms with Gasteiger partial charge < -0.3 is 9.84 Å². The quantitative estimate of drug-likeness (QED) is 0.810. The second-order valence-electron chi connectivity index (χ2n) is 6.27. The van der Waals surface area contributed by atoms with Gasteiger partial charge in [0.1, 0.15) is 0 Å². The van der Waals surface area contributed by atoms with Crippen molar-refractivity contribution >= 4 is 5.91 Å². The van der Waals surface area contributed by atoms with Crippen molar-refractivity contribution in [3.05, 3.63) is 47.6 Å². The lowest BCUT2D eigenvalue weighted by molar-refractivity contribution is -0.122. The van der Waals surface area contributed by atoms with Gasteiger partial charge in [0, 0.05) is 39.1 Å². The van der Waals surface area contributed by atoms with E-state index >= 15 is 0 Å². The van der Waals surface area contributed by atoms with Crippen LogP contribution in [0.4, 0.5) is 0 Å². The fourth-order valence-electron chi connectivity index (χ4n) is 2.85. The summed E-state index contributed by atoms with van der Waals surface area (Å²) in [7, 11) is 0. The third-order valence-corrected chi connectivity index (χ3v) is 4.35. The second-order valence-corrected chi connectivity index (χ2v) is 6.27. The number of nitrogens with one attached hydrogen (secondary N) is 1. The van der Waals surface area contributed by atoms with E-state index in [0.29, 0.717) is 25.5 Å². The highest BCUT2D eigenvalue weighted by molar-refractivity contribution is 5.78. The first-order valence-electron chi connectivity index (χ1n) is 8.79. The fraction of sp³-hybridized carbons (Fsp3) is 0.500. The zero-order chi connectivity index (χ0) is 17.5. The zero-order valence-corrected chi connectivity index (χ0v) is 14.6. The van der Waals surface area contributed by atoms with Gasteiger partial charge in [0.05, 0.1) is 13.1 Å². The van der Waals surface area contributed by atoms with Crippen molar-refractivity contribution in [3.8, 4) is 0 Å². The Morgan fingerprint density at radius 3 is 2.56 bits per heavy atom. The normalized spacial score (nSPS) is 16.0. The molecule has 7 nitrogen and oxygen atoms in total. The van der Waals surface area contributed by atoms with Gasteiger partial charge in [0.25, 0.3) is 0 Å². The molecule has 0 unspecified atom stereocenters. The monoisotopic (exact) mass is 343 g/mol. The Balaban J connectivity index is 1.36. The Morgan fingerprint density at radius 2 is 1.88 bits per heavy atom. The number of nitrogens with zero attached hydrogens (tertiary/aromatic N) is 4. The summed E-state index contributed by atoms with van der Waals surface area (Å²) < 4.78 is 5.24. The maximum Gasteiger partial charge on any atom is 0.240 e. The molecule has 0 radical (unpaired) electrons. The van der Waals surface area contributed by atoms with Gasteiger partial charge in [-0.2, -0.15) is 4.98 Å². The number of benzene rings is 1. The predicted molar refractivity (Wildman–Crippen MR) is 93.7 cm³/mol. The number of piperazine rings is 1. The second kappa shape index (κ2) is 8.73. The lowest BCUT2D eigenvalue weighted by Crippen LogP contribution is -2.49. The van der Waals surface area contributed by atoms with Crippen molar-refractivity contribution in [2.75, 3.05) is 32.7 Å². The summed E-state index contributed by atoms with van der Waals surface area (Å²) in [6.07, 6.45) is 0.787. The van der Waals surface area contributed by atoms with Gasteiger partial charge in [-0.3, -0.25) is 14.6 Å². The fourth-order valence-corrected chi connectivity index (χ4v) is 2.85. The van der Waals surface area contributed by atoms with E-state index in [9.17, 15) is 4.79 Å². The van der Waals surface area contributed by atoms with Crippen LogP contribution in [0.2, 0.25) is 0 Å². The third kappa shape index (κ3) is 5.37. The van der Waals surface area contributed by atoms with Gasteiger partial charge in [-0.05, 0) is 5.56 Å². The predicted octanol–water partition coefficient (Wildman–Crippen LogP) is 1.07. The molecule has 1 aliphatic heterocycles. The number of aryl methyl sites for hydroxylation is 1. The average molecular weight is 343 g/mol. The molecule has 0 atom stereocenters. The molecule has 1 aliphatic rings. The van der Waals surface area contributed by atoms with Crippen LogP contribution in [0.5, 0.6) is 0 Å². The molecule has 1 aromatic carbocycles. The first-order chi connectivity index (χ1) is 12.2. The molecule has 3 rings (SSSR count). The van der Waals surface area contributed by atoms with Crippen LogP contribution >= 0.6 is 0 Å². The van der Waals surface area contributed by atoms with Crippen LogP contribution in [0, 0.1) is 0 Å². The smallest absolute Gasteiger partial charge is 0.240 e. The van der Waals surface area contributed by atoms with Gasteiger partial charge in [0.15, 0.2) is 5.82 Å². The zero-order valence-electron chi connectivity index (χ0n) is 14.6. The van der Waals surface area contributed by atoms with Crippen LogP contribution in [-0.2, 0) is 24.3 Å². The van der Waals surface area contributed by atoms with Crippen molar-refractivity contribution in [2.24, 2.45) is 0 Å². The summed E-state index contributed by atoms with van der Waals surface area (Å²) in [4.78, 5) is 20.9. The van der Waals surface area contributed by atoms with Gasteiger partial charge in [-0.25, -0.2) is 0 Å². The minimum atomic E-state index is 0.0711. The highest BCUT2D eigenvalue weighted by Gasteiger charge is 2.20. The summed E-state index contributed by atoms with van der Waals surface area (Å²) in [5.41, 5.74) is 1.12. The summed E-state index contributed by atoms with van der Waals surface area (Å²) in [5, 5.41) is 6.90. The molecule has 1 saturated heterocycles. The van der Waals surface area contributed by atoms with Gasteiger partial charge in [-0.15, -0.1) is 0 Å². The first-order valence-corrected chi connectivity index (χ1v) is 8.79. The Morgan fingerprint density at radius 1 is 1.16 bits per heavy atom. The maximum atomic E-state index is 12.1. The Kier molecular flexibility index (Phi) is 6.14. The van der Waals surface area contributed by atoms with Crippen LogP contribution in [0.1, 0.15) is 24.2 Å². The molecule has 134 valence electrons. The summed E-state index contributed by atoms with van der Waals surface area (Å²) >= 11 is 0. The van der Waals surface area contributed by atoms with E-state index < -0.39 is 0 Å². The van der Waals surface area contributed by atoms with E-state index in [2.05, 4.69) is 25.3 Å². The van der Waals surface area contributed by atoms with Crippen LogP contribution in [-0.4, -0.2) is 58.6 Å². The molecular weight excluding hydrogens is 318 g/mol. The number of carbonyl (C=O) groups excluding carboxylic acids is 1. The maximum absolute atomic E-state index is 12.1. The molecule has 0 bridgehead atoms. The lowest BCUT2D eigenvalue weighted by atomic mass is 10.2. The number of rotatable bonds is 7. The molecule has 2 heterocycles. The van der Waals surface area contributed by atoms with Crippen LogP contribution in [0.25, 0.3) is 0 Å². The highest BCUT2D eigenvalue weighted by atomic mass is 16.5. The molecule has 7 heteroatoms. The van der Waals surface area contributed by atoms with Crippen molar-refractivity contribution in [1.82, 2.24) is 25.3 Å². The standard InChI is InChI=1S/C18H25N5O2/c1-2-16-20-18(25-21-16)14-23-10-8-22(9-11-23)13-17(24)19-12-15-6-4-3-5-7-15/h3-7H,2,8-14H2,1H3,(H,19,24). The summed E-state index contributed by atoms with van der Waals surface area (Å²) in [6.45, 7) is 7.25. The molecule has 1 aromatic heterocycles. The van der Waals surface area contributed by atoms with E-state index in [-0.39, 0.29) is 5.91 Å². The highest BCUT2D eigenvalue weighted by Crippen LogP contribution is 2.07. The van der Waals surface area contributed by atoms with Crippen molar-refractivity contribution in [1.29, 1.82) is 0 Å². The molecule has 25 heavy (non-hydrogen) atoms. The number of amides is 1. The molecular formula is C18H25N5O2. The van der Waals surface area contributed by atoms with Gasteiger partial charge >= 0.3 is 0 Å². The van der Waals surface area contributed by atoms with Gasteiger partial charge in [-0.1, -0.05) is 42.4 Å². The lowest BCUT2D eigenvalue weighted by Gasteiger charge is -2.33. The summed E-state index contributed by atoms with van der Waals surface area (Å²) in [5.74, 6) is 1.50. The minimum absolute atomic E-state index is 0.0711. The molecule has 1 N–H and O–H groups in total. The Hall–Kier alpha value is -2.25. The minimum Gasteiger partial charge on any atom is -0.351 e. The van der Waals surface area contributed by atoms with E-state index in [1.54, 1.807) is 0 Å². The Labute approximate surface area is 148 Å². The molecule has 0 spiro atoms. The number of carbonyl (C=O) groups is 1. The number of hydrogen-bond donors (Lipinski definition) is 1. The van der Waals surface area contributed by atoms with E-state index in [1.807, 2.05) is 37.3 Å².